The number of fused-ring (bicyclic) bond motifs is 1. The van der Waals surface area contributed by atoms with Gasteiger partial charge in [0, 0.05) is 24.5 Å². The van der Waals surface area contributed by atoms with Crippen molar-refractivity contribution in [3.05, 3.63) is 66.6 Å². The van der Waals surface area contributed by atoms with Crippen molar-refractivity contribution >= 4 is 21.4 Å². The van der Waals surface area contributed by atoms with Gasteiger partial charge in [0.2, 0.25) is 10.1 Å². The van der Waals surface area contributed by atoms with Crippen molar-refractivity contribution in [2.24, 2.45) is 0 Å². The Morgan fingerprint density at radius 1 is 1.05 bits per heavy atom. The van der Waals surface area contributed by atoms with E-state index in [9.17, 15) is 0 Å². The van der Waals surface area contributed by atoms with Gasteiger partial charge in [-0.05, 0) is 17.7 Å². The van der Waals surface area contributed by atoms with E-state index in [4.69, 9.17) is 0 Å². The molecule has 0 unspecified atom stereocenters. The lowest BCUT2D eigenvalue weighted by Gasteiger charge is -2.01. The number of anilines is 1. The van der Waals surface area contributed by atoms with Gasteiger partial charge in [-0.1, -0.05) is 41.7 Å². The second kappa shape index (κ2) is 5.57. The van der Waals surface area contributed by atoms with Gasteiger partial charge < -0.3 is 5.32 Å². The summed E-state index contributed by atoms with van der Waals surface area (Å²) < 4.78 is 1.87. The van der Waals surface area contributed by atoms with Crippen molar-refractivity contribution in [1.29, 1.82) is 0 Å². The Hall–Kier alpha value is -2.73. The fraction of sp³-hybridized carbons (Fsp3) is 0.0625. The molecular weight excluding hydrogens is 294 g/mol. The smallest absolute Gasteiger partial charge is 0.214 e. The predicted octanol–water partition coefficient (Wildman–Crippen LogP) is 3.46. The van der Waals surface area contributed by atoms with Gasteiger partial charge in [-0.3, -0.25) is 4.98 Å². The third-order valence-corrected chi connectivity index (χ3v) is 4.23. The van der Waals surface area contributed by atoms with Gasteiger partial charge in [-0.2, -0.15) is 0 Å². The number of aromatic nitrogens is 4. The fourth-order valence-corrected chi connectivity index (χ4v) is 3.03. The maximum absolute atomic E-state index is 4.61. The zero-order valence-corrected chi connectivity index (χ0v) is 12.5. The molecule has 3 heterocycles. The summed E-state index contributed by atoms with van der Waals surface area (Å²) in [6, 6.07) is 14.2. The number of nitrogens with one attached hydrogen (secondary N) is 1. The standard InChI is InChI=1S/C16H13N5S/c1-2-4-12(5-3-1)10-18-15-20-21-14(11-19-16(21)22-15)13-6-8-17-9-7-13/h1-9,11H,10H2,(H,18,20). The summed E-state index contributed by atoms with van der Waals surface area (Å²) in [5.74, 6) is 0. The Bertz CT molecular complexity index is 883. The molecule has 5 nitrogen and oxygen atoms in total. The van der Waals surface area contributed by atoms with E-state index in [2.05, 4.69) is 32.5 Å². The molecule has 6 heteroatoms. The third kappa shape index (κ3) is 2.44. The minimum absolute atomic E-state index is 0.752. The highest BCUT2D eigenvalue weighted by atomic mass is 32.1. The van der Waals surface area contributed by atoms with Gasteiger partial charge in [0.1, 0.15) is 0 Å². The number of imidazole rings is 1. The van der Waals surface area contributed by atoms with E-state index < -0.39 is 0 Å². The van der Waals surface area contributed by atoms with Gasteiger partial charge in [-0.25, -0.2) is 9.50 Å². The molecule has 3 aromatic heterocycles. The number of rotatable bonds is 4. The molecule has 4 rings (SSSR count). The number of pyridine rings is 1. The van der Waals surface area contributed by atoms with Crippen molar-refractivity contribution in [3.63, 3.8) is 0 Å². The average Bonchev–Trinajstić information content (AvgIpc) is 3.15. The molecule has 0 radical (unpaired) electrons. The van der Waals surface area contributed by atoms with E-state index >= 15 is 0 Å². The molecule has 0 spiro atoms. The lowest BCUT2D eigenvalue weighted by atomic mass is 10.2. The van der Waals surface area contributed by atoms with Crippen LogP contribution in [0.3, 0.4) is 0 Å². The Morgan fingerprint density at radius 2 is 1.86 bits per heavy atom. The van der Waals surface area contributed by atoms with Gasteiger partial charge >= 0.3 is 0 Å². The summed E-state index contributed by atoms with van der Waals surface area (Å²) in [6.07, 6.45) is 5.39. The Balaban J connectivity index is 1.60. The second-order valence-corrected chi connectivity index (χ2v) is 5.78. The highest BCUT2D eigenvalue weighted by molar-refractivity contribution is 7.20. The molecule has 1 N–H and O–H groups in total. The van der Waals surface area contributed by atoms with Gasteiger partial charge in [0.15, 0.2) is 0 Å². The lowest BCUT2D eigenvalue weighted by molar-refractivity contribution is 0.967. The maximum atomic E-state index is 4.61. The first-order valence-corrected chi connectivity index (χ1v) is 7.74. The zero-order valence-electron chi connectivity index (χ0n) is 11.7. The van der Waals surface area contributed by atoms with Gasteiger partial charge in [-0.15, -0.1) is 5.10 Å². The molecule has 0 saturated heterocycles. The second-order valence-electron chi connectivity index (χ2n) is 4.82. The minimum Gasteiger partial charge on any atom is -0.356 e. The van der Waals surface area contributed by atoms with E-state index in [0.29, 0.717) is 0 Å². The Labute approximate surface area is 131 Å². The fourth-order valence-electron chi connectivity index (χ4n) is 2.26. The number of hydrogen-bond donors (Lipinski definition) is 1. The molecular formula is C16H13N5S. The van der Waals surface area contributed by atoms with Crippen molar-refractivity contribution in [2.45, 2.75) is 6.54 Å². The van der Waals surface area contributed by atoms with Crippen LogP contribution < -0.4 is 5.32 Å². The van der Waals surface area contributed by atoms with Crippen LogP contribution in [-0.4, -0.2) is 19.6 Å². The summed E-state index contributed by atoms with van der Waals surface area (Å²) in [5, 5.41) is 8.82. The van der Waals surface area contributed by atoms with Crippen molar-refractivity contribution < 1.29 is 0 Å². The maximum Gasteiger partial charge on any atom is 0.214 e. The number of benzene rings is 1. The molecule has 1 aromatic carbocycles. The molecule has 0 amide bonds. The number of nitrogens with zero attached hydrogens (tertiary/aromatic N) is 4. The van der Waals surface area contributed by atoms with Crippen LogP contribution in [0.5, 0.6) is 0 Å². The third-order valence-electron chi connectivity index (χ3n) is 3.35. The minimum atomic E-state index is 0.752. The van der Waals surface area contributed by atoms with Crippen LogP contribution in [0, 0.1) is 0 Å². The topological polar surface area (TPSA) is 55.1 Å². The molecule has 0 atom stereocenters. The number of hydrogen-bond acceptors (Lipinski definition) is 5. The molecule has 0 fully saturated rings. The molecule has 0 saturated carbocycles. The van der Waals surface area contributed by atoms with Crippen molar-refractivity contribution in [1.82, 2.24) is 19.6 Å². The van der Waals surface area contributed by atoms with E-state index in [1.165, 1.54) is 5.56 Å². The highest BCUT2D eigenvalue weighted by Crippen LogP contribution is 2.25. The molecule has 0 aliphatic carbocycles. The Morgan fingerprint density at radius 3 is 2.68 bits per heavy atom. The first-order valence-electron chi connectivity index (χ1n) is 6.93. The largest absolute Gasteiger partial charge is 0.356 e. The van der Waals surface area contributed by atoms with Crippen LogP contribution in [0.4, 0.5) is 5.13 Å². The molecule has 0 aliphatic rings. The normalized spacial score (nSPS) is 10.9. The summed E-state index contributed by atoms with van der Waals surface area (Å²) >= 11 is 1.55. The molecule has 4 aromatic rings. The van der Waals surface area contributed by atoms with E-state index in [-0.39, 0.29) is 0 Å². The molecule has 0 aliphatic heterocycles. The average molecular weight is 307 g/mol. The van der Waals surface area contributed by atoms with Crippen LogP contribution in [0.2, 0.25) is 0 Å². The molecule has 0 bridgehead atoms. The van der Waals surface area contributed by atoms with E-state index in [0.717, 1.165) is 27.9 Å². The van der Waals surface area contributed by atoms with Crippen LogP contribution in [0.25, 0.3) is 16.2 Å². The highest BCUT2D eigenvalue weighted by Gasteiger charge is 2.11. The van der Waals surface area contributed by atoms with Crippen molar-refractivity contribution in [3.8, 4) is 11.3 Å². The molecule has 108 valence electrons. The summed E-state index contributed by atoms with van der Waals surface area (Å²) in [4.78, 5) is 9.35. The van der Waals surface area contributed by atoms with Crippen LogP contribution in [0.15, 0.2) is 61.1 Å². The zero-order chi connectivity index (χ0) is 14.8. The first-order chi connectivity index (χ1) is 10.9. The summed E-state index contributed by atoms with van der Waals surface area (Å²) in [7, 11) is 0. The quantitative estimate of drug-likeness (QED) is 0.627. The first kappa shape index (κ1) is 13.0. The Kier molecular flexibility index (Phi) is 3.29. The van der Waals surface area contributed by atoms with Crippen LogP contribution in [-0.2, 0) is 6.54 Å². The monoisotopic (exact) mass is 307 g/mol. The SMILES string of the molecule is c1ccc(CNc2nn3c(-c4ccncc4)cnc3s2)cc1. The van der Waals surface area contributed by atoms with E-state index in [1.54, 1.807) is 23.7 Å². The summed E-state index contributed by atoms with van der Waals surface area (Å²) in [6.45, 7) is 0.752. The molecule has 22 heavy (non-hydrogen) atoms. The van der Waals surface area contributed by atoms with Crippen LogP contribution in [0.1, 0.15) is 5.56 Å². The van der Waals surface area contributed by atoms with Gasteiger partial charge in [0.05, 0.1) is 11.9 Å². The van der Waals surface area contributed by atoms with Crippen molar-refractivity contribution in [2.75, 3.05) is 5.32 Å². The lowest BCUT2D eigenvalue weighted by Crippen LogP contribution is -1.99. The predicted molar refractivity (Wildman–Crippen MR) is 87.9 cm³/mol. The van der Waals surface area contributed by atoms with Crippen LogP contribution >= 0.6 is 11.3 Å². The van der Waals surface area contributed by atoms with Gasteiger partial charge in [0.25, 0.3) is 0 Å². The van der Waals surface area contributed by atoms with E-state index in [1.807, 2.05) is 41.0 Å². The summed E-state index contributed by atoms with van der Waals surface area (Å²) in [5.41, 5.74) is 3.26.